The van der Waals surface area contributed by atoms with Crippen LogP contribution in [0.2, 0.25) is 0 Å². The molecule has 113 valence electrons. The number of rotatable bonds is 6. The average molecular weight is 450 g/mol. The van der Waals surface area contributed by atoms with Gasteiger partial charge in [0.25, 0.3) is 0 Å². The van der Waals surface area contributed by atoms with E-state index in [1.165, 1.54) is 18.2 Å². The molecule has 8 heteroatoms. The van der Waals surface area contributed by atoms with E-state index in [9.17, 15) is 0 Å². The molecule has 3 heterocycles. The maximum atomic E-state index is 5.36. The van der Waals surface area contributed by atoms with Gasteiger partial charge in [-0.05, 0) is 22.9 Å². The molecule has 21 heavy (non-hydrogen) atoms. The second-order valence-electron chi connectivity index (χ2n) is 3.77. The number of hydrogen-bond donors (Lipinski definition) is 0. The van der Waals surface area contributed by atoms with E-state index in [1.54, 1.807) is 22.7 Å². The van der Waals surface area contributed by atoms with E-state index in [1.807, 2.05) is 46.2 Å². The molecule has 1 radical (unpaired) electrons. The average Bonchev–Trinajstić information content (AvgIpc) is 3.16. The van der Waals surface area contributed by atoms with Gasteiger partial charge in [0, 0.05) is 38.0 Å². The van der Waals surface area contributed by atoms with Gasteiger partial charge in [-0.25, -0.2) is 0 Å². The summed E-state index contributed by atoms with van der Waals surface area (Å²) in [6, 6.07) is 8.62. The Kier molecular flexibility index (Phi) is 8.02. The Hall–Kier alpha value is 0.876. The summed E-state index contributed by atoms with van der Waals surface area (Å²) >= 11 is 16.4. The molecule has 0 nitrogen and oxygen atoms in total. The van der Waals surface area contributed by atoms with Gasteiger partial charge in [-0.15, -0.1) is 68.9 Å². The Bertz CT molecular complexity index is 635. The maximum Gasteiger partial charge on any atom is 0.145 e. The second-order valence-corrected chi connectivity index (χ2v) is 11.5. The summed E-state index contributed by atoms with van der Waals surface area (Å²) in [6.07, 6.45) is 0. The Morgan fingerprint density at radius 2 is 1.33 bits per heavy atom. The van der Waals surface area contributed by atoms with Crippen LogP contribution in [-0.4, -0.2) is 0 Å². The molecule has 0 saturated heterocycles. The molecule has 0 aromatic carbocycles. The first kappa shape index (κ1) is 18.2. The Labute approximate surface area is 164 Å². The van der Waals surface area contributed by atoms with Crippen LogP contribution in [0.25, 0.3) is 0 Å². The third kappa shape index (κ3) is 5.47. The van der Waals surface area contributed by atoms with Gasteiger partial charge >= 0.3 is 0 Å². The summed E-state index contributed by atoms with van der Waals surface area (Å²) in [7, 11) is 0. The van der Waals surface area contributed by atoms with Crippen molar-refractivity contribution in [1.29, 1.82) is 0 Å². The van der Waals surface area contributed by atoms with E-state index in [0.29, 0.717) is 0 Å². The van der Waals surface area contributed by atoms with Crippen LogP contribution in [0.15, 0.2) is 43.4 Å². The predicted octanol–water partition coefficient (Wildman–Crippen LogP) is 7.24. The largest absolute Gasteiger partial charge is 0.148 e. The molecular weight excluding hydrogens is 440 g/mol. The quantitative estimate of drug-likeness (QED) is 0.287. The minimum absolute atomic E-state index is 0. The summed E-state index contributed by atoms with van der Waals surface area (Å²) in [6.45, 7) is 0. The third-order valence-electron chi connectivity index (χ3n) is 2.37. The predicted molar refractivity (Wildman–Crippen MR) is 101 cm³/mol. The smallest absolute Gasteiger partial charge is 0.145 e. The fraction of sp³-hybridized carbons (Fsp3) is 0.154. The van der Waals surface area contributed by atoms with Gasteiger partial charge in [0.1, 0.15) is 3.14 Å². The van der Waals surface area contributed by atoms with E-state index in [4.69, 9.17) is 12.2 Å². The Morgan fingerprint density at radius 1 is 0.857 bits per heavy atom. The molecule has 3 aromatic heterocycles. The topological polar surface area (TPSA) is 0 Å². The minimum Gasteiger partial charge on any atom is -0.148 e. The summed E-state index contributed by atoms with van der Waals surface area (Å²) in [4.78, 5) is 2.85. The molecule has 3 aromatic rings. The fourth-order valence-electron chi connectivity index (χ4n) is 1.50. The molecule has 0 aliphatic rings. The van der Waals surface area contributed by atoms with E-state index in [-0.39, 0.29) is 16.8 Å². The van der Waals surface area contributed by atoms with Crippen LogP contribution in [0.5, 0.6) is 0 Å². The van der Waals surface area contributed by atoms with Crippen LogP contribution in [0.3, 0.4) is 0 Å². The number of hydrogen-bond acceptors (Lipinski definition) is 7. The van der Waals surface area contributed by atoms with Crippen molar-refractivity contribution in [3.63, 3.8) is 0 Å². The van der Waals surface area contributed by atoms with Crippen LogP contribution in [-0.2, 0) is 28.3 Å². The van der Waals surface area contributed by atoms with Crippen molar-refractivity contribution >= 4 is 81.1 Å². The third-order valence-corrected chi connectivity index (χ3v) is 10.2. The molecule has 0 saturated carbocycles. The number of thioether (sulfide) groups is 2. The Balaban J connectivity index is 0.00000161. The van der Waals surface area contributed by atoms with Crippen molar-refractivity contribution < 1.29 is 16.8 Å². The molecule has 0 aliphatic carbocycles. The van der Waals surface area contributed by atoms with Crippen molar-refractivity contribution in [1.82, 2.24) is 0 Å². The van der Waals surface area contributed by atoms with Crippen LogP contribution in [0, 0.1) is 3.14 Å². The summed E-state index contributed by atoms with van der Waals surface area (Å²) in [5.74, 6) is 2.10. The molecule has 0 atom stereocenters. The van der Waals surface area contributed by atoms with Gasteiger partial charge in [-0.3, -0.25) is 0 Å². The van der Waals surface area contributed by atoms with Gasteiger partial charge in [0.15, 0.2) is 0 Å². The van der Waals surface area contributed by atoms with E-state index < -0.39 is 0 Å². The Morgan fingerprint density at radius 3 is 1.71 bits per heavy atom. The molecule has 0 aliphatic heterocycles. The molecular formula is C13H10CoS7. The zero-order chi connectivity index (χ0) is 13.8. The molecule has 0 bridgehead atoms. The first-order valence-electron chi connectivity index (χ1n) is 5.75. The summed E-state index contributed by atoms with van der Waals surface area (Å²) < 4.78 is 3.80. The molecule has 0 amide bonds. The normalized spacial score (nSPS) is 10.5. The first-order valence-corrected chi connectivity index (χ1v) is 11.5. The van der Waals surface area contributed by atoms with Crippen molar-refractivity contribution in [2.24, 2.45) is 0 Å². The minimum atomic E-state index is 0. The van der Waals surface area contributed by atoms with Crippen LogP contribution in [0.1, 0.15) is 9.75 Å². The van der Waals surface area contributed by atoms with E-state index in [2.05, 4.69) is 35.0 Å². The van der Waals surface area contributed by atoms with E-state index >= 15 is 0 Å². The molecule has 0 N–H and O–H groups in total. The van der Waals surface area contributed by atoms with Crippen molar-refractivity contribution in [2.45, 2.75) is 19.9 Å². The van der Waals surface area contributed by atoms with Crippen molar-refractivity contribution in [3.8, 4) is 0 Å². The van der Waals surface area contributed by atoms with Crippen LogP contribution < -0.4 is 0 Å². The van der Waals surface area contributed by atoms with Gasteiger partial charge < -0.3 is 0 Å². The van der Waals surface area contributed by atoms with Crippen LogP contribution in [0.4, 0.5) is 0 Å². The maximum absolute atomic E-state index is 5.36. The molecule has 3 rings (SSSR count). The monoisotopic (exact) mass is 449 g/mol. The zero-order valence-corrected chi connectivity index (χ0v) is 17.3. The zero-order valence-electron chi connectivity index (χ0n) is 10.6. The van der Waals surface area contributed by atoms with Crippen molar-refractivity contribution in [3.05, 3.63) is 47.9 Å². The van der Waals surface area contributed by atoms with Crippen molar-refractivity contribution in [2.75, 3.05) is 0 Å². The van der Waals surface area contributed by atoms with Gasteiger partial charge in [-0.2, -0.15) is 0 Å². The van der Waals surface area contributed by atoms with Gasteiger partial charge in [0.05, 0.1) is 8.42 Å². The summed E-state index contributed by atoms with van der Waals surface area (Å²) in [5.41, 5.74) is 0. The standard InChI is InChI=1S/C13H10S7.Co/c14-13-19-11(17-7-9-3-1-5-15-9)12(20-13)18-8-10-4-2-6-16-10;/h1-6H,7-8H2;. The van der Waals surface area contributed by atoms with E-state index in [0.717, 1.165) is 14.6 Å². The first-order chi connectivity index (χ1) is 9.81. The second kappa shape index (κ2) is 9.24. The molecule has 0 fully saturated rings. The molecule has 0 unspecified atom stereocenters. The fourth-order valence-corrected chi connectivity index (χ4v) is 9.15. The summed E-state index contributed by atoms with van der Waals surface area (Å²) in [5, 5.41) is 4.27. The van der Waals surface area contributed by atoms with Gasteiger partial charge in [-0.1, -0.05) is 24.4 Å². The SMILES string of the molecule is S=c1sc(SCc2cccs2)c(SCc2cccs2)s1.[Co]. The van der Waals surface area contributed by atoms with Gasteiger partial charge in [0.2, 0.25) is 0 Å². The number of thiophene rings is 2. The molecule has 0 spiro atoms. The van der Waals surface area contributed by atoms with Crippen LogP contribution >= 0.6 is 81.1 Å².